The van der Waals surface area contributed by atoms with Crippen LogP contribution in [-0.2, 0) is 4.79 Å². The van der Waals surface area contributed by atoms with Gasteiger partial charge in [-0.2, -0.15) is 5.10 Å². The molecule has 138 valence electrons. The fourth-order valence-corrected chi connectivity index (χ4v) is 3.80. The van der Waals surface area contributed by atoms with Crippen molar-refractivity contribution in [3.8, 4) is 11.4 Å². The third-order valence-electron chi connectivity index (χ3n) is 5.29. The molecule has 3 rings (SSSR count). The molecule has 0 spiro atoms. The minimum absolute atomic E-state index is 0.219. The first-order chi connectivity index (χ1) is 12.5. The van der Waals surface area contributed by atoms with E-state index in [2.05, 4.69) is 6.07 Å². The van der Waals surface area contributed by atoms with Crippen LogP contribution in [0.1, 0.15) is 69.7 Å². The van der Waals surface area contributed by atoms with E-state index < -0.39 is 5.97 Å². The van der Waals surface area contributed by atoms with Crippen LogP contribution in [0.15, 0.2) is 35.9 Å². The van der Waals surface area contributed by atoms with Crippen LogP contribution in [0.3, 0.4) is 0 Å². The molecule has 0 aliphatic heterocycles. The van der Waals surface area contributed by atoms with Gasteiger partial charge in [0.1, 0.15) is 5.75 Å². The first-order valence-electron chi connectivity index (χ1n) is 9.34. The Morgan fingerprint density at radius 3 is 2.42 bits per heavy atom. The van der Waals surface area contributed by atoms with Crippen molar-refractivity contribution in [1.82, 2.24) is 9.78 Å². The lowest BCUT2D eigenvalue weighted by Crippen LogP contribution is -2.10. The van der Waals surface area contributed by atoms with Gasteiger partial charge in [0.2, 0.25) is 0 Å². The molecule has 0 unspecified atom stereocenters. The Balaban J connectivity index is 2.12. The number of nitrogens with zero attached hydrogens (tertiary/aromatic N) is 2. The Bertz CT molecular complexity index is 812. The van der Waals surface area contributed by atoms with E-state index in [0.717, 1.165) is 35.5 Å². The third kappa shape index (κ3) is 3.66. The highest BCUT2D eigenvalue weighted by atomic mass is 16.4. The number of carbonyl (C=O) groups is 1. The number of hydrogen-bond acceptors (Lipinski definition) is 3. The molecule has 1 fully saturated rings. The van der Waals surface area contributed by atoms with Gasteiger partial charge >= 0.3 is 5.97 Å². The van der Waals surface area contributed by atoms with Gasteiger partial charge in [-0.1, -0.05) is 26.2 Å². The zero-order valence-electron chi connectivity index (χ0n) is 15.4. The number of aromatic hydroxyl groups is 1. The molecule has 1 aliphatic carbocycles. The zero-order chi connectivity index (χ0) is 18.7. The molecule has 1 heterocycles. The molecule has 0 radical (unpaired) electrons. The number of phenols is 1. The quantitative estimate of drug-likeness (QED) is 0.749. The lowest BCUT2D eigenvalue weighted by atomic mass is 9.86. The monoisotopic (exact) mass is 354 g/mol. The number of rotatable bonds is 5. The molecule has 26 heavy (non-hydrogen) atoms. The maximum Gasteiger partial charge on any atom is 0.331 e. The molecule has 1 saturated carbocycles. The van der Waals surface area contributed by atoms with Crippen molar-refractivity contribution in [2.24, 2.45) is 0 Å². The Hall–Kier alpha value is -2.56. The predicted octanol–water partition coefficient (Wildman–Crippen LogP) is 4.89. The van der Waals surface area contributed by atoms with Gasteiger partial charge in [0.25, 0.3) is 0 Å². The van der Waals surface area contributed by atoms with Gasteiger partial charge < -0.3 is 10.2 Å². The van der Waals surface area contributed by atoms with E-state index in [1.807, 2.05) is 23.7 Å². The average molecular weight is 354 g/mol. The molecule has 0 atom stereocenters. The van der Waals surface area contributed by atoms with Gasteiger partial charge in [-0.3, -0.25) is 0 Å². The molecule has 1 aliphatic rings. The number of hydrogen-bond donors (Lipinski definition) is 2. The first kappa shape index (κ1) is 18.2. The Labute approximate surface area is 154 Å². The maximum absolute atomic E-state index is 11.5. The van der Waals surface area contributed by atoms with Gasteiger partial charge in [-0.15, -0.1) is 0 Å². The van der Waals surface area contributed by atoms with Crippen LogP contribution < -0.4 is 0 Å². The Morgan fingerprint density at radius 1 is 1.19 bits per heavy atom. The molecule has 0 amide bonds. The summed E-state index contributed by atoms with van der Waals surface area (Å²) in [4.78, 5) is 11.5. The second-order valence-corrected chi connectivity index (χ2v) is 6.98. The largest absolute Gasteiger partial charge is 0.508 e. The van der Waals surface area contributed by atoms with Crippen LogP contribution in [0.4, 0.5) is 0 Å². The van der Waals surface area contributed by atoms with Gasteiger partial charge in [0.05, 0.1) is 11.4 Å². The standard InChI is InChI=1S/C21H26N2O3/c1-3-18(14(2)21(25)26)19-13-20(15-7-5-4-6-8-15)23(22-19)16-9-11-17(24)12-10-16/h9-13,15,24H,3-8H2,1-2H3,(H,25,26). The summed E-state index contributed by atoms with van der Waals surface area (Å²) in [5.41, 5.74) is 3.87. The summed E-state index contributed by atoms with van der Waals surface area (Å²) >= 11 is 0. The molecular formula is C21H26N2O3. The summed E-state index contributed by atoms with van der Waals surface area (Å²) < 4.78 is 1.93. The number of carboxylic acid groups (broad SMARTS) is 1. The number of benzene rings is 1. The van der Waals surface area contributed by atoms with Gasteiger partial charge in [-0.25, -0.2) is 9.48 Å². The highest BCUT2D eigenvalue weighted by Gasteiger charge is 2.23. The van der Waals surface area contributed by atoms with Crippen LogP contribution in [-0.4, -0.2) is 26.0 Å². The smallest absolute Gasteiger partial charge is 0.331 e. The summed E-state index contributed by atoms with van der Waals surface area (Å²) in [6, 6.07) is 9.06. The van der Waals surface area contributed by atoms with Crippen LogP contribution in [0.5, 0.6) is 5.75 Å². The summed E-state index contributed by atoms with van der Waals surface area (Å²) in [6.07, 6.45) is 6.58. The summed E-state index contributed by atoms with van der Waals surface area (Å²) in [5, 5.41) is 23.8. The van der Waals surface area contributed by atoms with Gasteiger partial charge in [0.15, 0.2) is 0 Å². The van der Waals surface area contributed by atoms with Crippen molar-refractivity contribution in [3.05, 3.63) is 47.3 Å². The summed E-state index contributed by atoms with van der Waals surface area (Å²) in [5.74, 6) is -0.251. The van der Waals surface area contributed by atoms with Crippen molar-refractivity contribution in [2.45, 2.75) is 58.3 Å². The van der Waals surface area contributed by atoms with E-state index >= 15 is 0 Å². The second-order valence-electron chi connectivity index (χ2n) is 6.98. The van der Waals surface area contributed by atoms with E-state index in [1.165, 1.54) is 19.3 Å². The van der Waals surface area contributed by atoms with Crippen LogP contribution >= 0.6 is 0 Å². The van der Waals surface area contributed by atoms with E-state index in [-0.39, 0.29) is 5.75 Å². The highest BCUT2D eigenvalue weighted by molar-refractivity contribution is 5.95. The van der Waals surface area contributed by atoms with E-state index in [0.29, 0.717) is 17.9 Å². The molecule has 0 saturated heterocycles. The Kier molecular flexibility index (Phi) is 5.45. The molecule has 1 aromatic carbocycles. The van der Waals surface area contributed by atoms with Gasteiger partial charge in [0, 0.05) is 17.2 Å². The molecule has 2 aromatic rings. The van der Waals surface area contributed by atoms with E-state index in [4.69, 9.17) is 5.10 Å². The van der Waals surface area contributed by atoms with Crippen molar-refractivity contribution >= 4 is 11.5 Å². The molecule has 0 bridgehead atoms. The van der Waals surface area contributed by atoms with Crippen molar-refractivity contribution in [3.63, 3.8) is 0 Å². The fourth-order valence-electron chi connectivity index (χ4n) is 3.80. The summed E-state index contributed by atoms with van der Waals surface area (Å²) in [6.45, 7) is 3.60. The topological polar surface area (TPSA) is 75.3 Å². The number of carboxylic acids is 1. The second kappa shape index (κ2) is 7.77. The number of phenolic OH excluding ortho intramolecular Hbond substituents is 1. The number of aliphatic carboxylic acids is 1. The van der Waals surface area contributed by atoms with E-state index in [9.17, 15) is 15.0 Å². The molecule has 1 aromatic heterocycles. The van der Waals surface area contributed by atoms with Crippen molar-refractivity contribution in [1.29, 1.82) is 0 Å². The van der Waals surface area contributed by atoms with Crippen LogP contribution in [0, 0.1) is 0 Å². The predicted molar refractivity (Wildman–Crippen MR) is 102 cm³/mol. The van der Waals surface area contributed by atoms with Crippen LogP contribution in [0.25, 0.3) is 11.3 Å². The lowest BCUT2D eigenvalue weighted by Gasteiger charge is -2.22. The average Bonchev–Trinajstić information content (AvgIpc) is 3.08. The zero-order valence-corrected chi connectivity index (χ0v) is 15.4. The third-order valence-corrected chi connectivity index (χ3v) is 5.29. The Morgan fingerprint density at radius 2 is 1.85 bits per heavy atom. The maximum atomic E-state index is 11.5. The summed E-state index contributed by atoms with van der Waals surface area (Å²) in [7, 11) is 0. The van der Waals surface area contributed by atoms with Crippen molar-refractivity contribution in [2.75, 3.05) is 0 Å². The molecular weight excluding hydrogens is 328 g/mol. The lowest BCUT2D eigenvalue weighted by molar-refractivity contribution is -0.132. The minimum Gasteiger partial charge on any atom is -0.508 e. The SMILES string of the molecule is CCC(=C(C)C(=O)O)c1cc(C2CCCCC2)n(-c2ccc(O)cc2)n1. The van der Waals surface area contributed by atoms with E-state index in [1.54, 1.807) is 19.1 Å². The van der Waals surface area contributed by atoms with Crippen molar-refractivity contribution < 1.29 is 15.0 Å². The molecule has 2 N–H and O–H groups in total. The normalized spacial score (nSPS) is 16.4. The van der Waals surface area contributed by atoms with Crippen LogP contribution in [0.2, 0.25) is 0 Å². The first-order valence-corrected chi connectivity index (χ1v) is 9.34. The molecule has 5 nitrogen and oxygen atoms in total. The number of allylic oxidation sites excluding steroid dienone is 1. The highest BCUT2D eigenvalue weighted by Crippen LogP contribution is 2.36. The van der Waals surface area contributed by atoms with Gasteiger partial charge in [-0.05, 0) is 62.1 Å². The minimum atomic E-state index is -0.903. The molecule has 5 heteroatoms. The fraction of sp³-hybridized carbons (Fsp3) is 0.429. The number of aromatic nitrogens is 2.